The van der Waals surface area contributed by atoms with E-state index in [1.54, 1.807) is 11.9 Å². The first kappa shape index (κ1) is 9.39. The van der Waals surface area contributed by atoms with E-state index in [-0.39, 0.29) is 0 Å². The van der Waals surface area contributed by atoms with Gasteiger partial charge in [-0.05, 0) is 26.3 Å². The number of aliphatic imine (C=N–C) groups is 1. The first-order valence-electron chi connectivity index (χ1n) is 4.09. The van der Waals surface area contributed by atoms with Crippen molar-refractivity contribution in [2.24, 2.45) is 4.99 Å². The molecular weight excluding hydrogens is 168 g/mol. The van der Waals surface area contributed by atoms with Crippen molar-refractivity contribution in [3.05, 3.63) is 23.5 Å². The van der Waals surface area contributed by atoms with E-state index in [4.69, 9.17) is 0 Å². The molecule has 0 bridgehead atoms. The average molecular weight is 182 g/mol. The maximum Gasteiger partial charge on any atom is 0.0915 e. The second-order valence-electron chi connectivity index (χ2n) is 2.66. The highest BCUT2D eigenvalue weighted by Crippen LogP contribution is 2.17. The van der Waals surface area contributed by atoms with Crippen molar-refractivity contribution in [2.75, 3.05) is 0 Å². The SMILES string of the molecule is CC/C=C\C1=C(C)NSC(C)=N1. The molecule has 0 aliphatic carbocycles. The summed E-state index contributed by atoms with van der Waals surface area (Å²) in [6.07, 6.45) is 5.23. The fraction of sp³-hybridized carbons (Fsp3) is 0.444. The molecule has 0 atom stereocenters. The second kappa shape index (κ2) is 4.36. The lowest BCUT2D eigenvalue weighted by Crippen LogP contribution is -2.10. The summed E-state index contributed by atoms with van der Waals surface area (Å²) in [5.41, 5.74) is 2.18. The van der Waals surface area contributed by atoms with Gasteiger partial charge >= 0.3 is 0 Å². The fourth-order valence-electron chi connectivity index (χ4n) is 0.871. The third-order valence-electron chi connectivity index (χ3n) is 1.53. The Morgan fingerprint density at radius 3 is 2.92 bits per heavy atom. The normalized spacial score (nSPS) is 18.1. The molecule has 1 aliphatic rings. The van der Waals surface area contributed by atoms with Crippen LogP contribution in [0.25, 0.3) is 0 Å². The van der Waals surface area contributed by atoms with E-state index in [1.807, 2.05) is 13.8 Å². The summed E-state index contributed by atoms with van der Waals surface area (Å²) in [5.74, 6) is 0. The van der Waals surface area contributed by atoms with Gasteiger partial charge < -0.3 is 4.72 Å². The van der Waals surface area contributed by atoms with Gasteiger partial charge in [-0.3, -0.25) is 0 Å². The summed E-state index contributed by atoms with van der Waals surface area (Å²) in [6.45, 7) is 6.16. The molecule has 1 aliphatic heterocycles. The van der Waals surface area contributed by atoms with Crippen molar-refractivity contribution in [2.45, 2.75) is 27.2 Å². The summed E-state index contributed by atoms with van der Waals surface area (Å²) in [7, 11) is 0. The maximum atomic E-state index is 4.41. The molecule has 0 aromatic heterocycles. The van der Waals surface area contributed by atoms with Crippen molar-refractivity contribution < 1.29 is 0 Å². The van der Waals surface area contributed by atoms with Crippen LogP contribution in [0.3, 0.4) is 0 Å². The van der Waals surface area contributed by atoms with Crippen LogP contribution in [0.1, 0.15) is 27.2 Å². The standard InChI is InChI=1S/C9H14N2S/c1-4-5-6-9-7(2)11-12-8(3)10-9/h5-6,11H,4H2,1-3H3/b6-5-. The number of nitrogens with one attached hydrogen (secondary N) is 1. The van der Waals surface area contributed by atoms with Crippen molar-refractivity contribution in [1.82, 2.24) is 4.72 Å². The summed E-state index contributed by atoms with van der Waals surface area (Å²) >= 11 is 1.57. The molecule has 1 rings (SSSR count). The fourth-order valence-corrected chi connectivity index (χ4v) is 1.42. The van der Waals surface area contributed by atoms with E-state index in [1.165, 1.54) is 0 Å². The largest absolute Gasteiger partial charge is 0.327 e. The molecule has 0 fully saturated rings. The quantitative estimate of drug-likeness (QED) is 0.664. The zero-order valence-corrected chi connectivity index (χ0v) is 8.53. The van der Waals surface area contributed by atoms with Gasteiger partial charge in [0.1, 0.15) is 0 Å². The van der Waals surface area contributed by atoms with Gasteiger partial charge in [0.2, 0.25) is 0 Å². The average Bonchev–Trinajstić information content (AvgIpc) is 2.07. The van der Waals surface area contributed by atoms with Crippen LogP contribution in [-0.2, 0) is 0 Å². The highest BCUT2D eigenvalue weighted by Gasteiger charge is 2.05. The zero-order chi connectivity index (χ0) is 8.97. The molecule has 66 valence electrons. The Morgan fingerprint density at radius 1 is 1.50 bits per heavy atom. The Bertz CT molecular complexity index is 251. The Morgan fingerprint density at radius 2 is 2.25 bits per heavy atom. The van der Waals surface area contributed by atoms with Crippen LogP contribution in [-0.4, -0.2) is 5.04 Å². The molecule has 0 spiro atoms. The lowest BCUT2D eigenvalue weighted by molar-refractivity contribution is 1.12. The highest BCUT2D eigenvalue weighted by molar-refractivity contribution is 8.12. The molecular formula is C9H14N2S. The third-order valence-corrected chi connectivity index (χ3v) is 2.32. The Kier molecular flexibility index (Phi) is 3.41. The van der Waals surface area contributed by atoms with Gasteiger partial charge in [0.05, 0.1) is 10.7 Å². The van der Waals surface area contributed by atoms with Crippen LogP contribution < -0.4 is 4.72 Å². The van der Waals surface area contributed by atoms with E-state index in [0.29, 0.717) is 0 Å². The monoisotopic (exact) mass is 182 g/mol. The van der Waals surface area contributed by atoms with Gasteiger partial charge in [0.25, 0.3) is 0 Å². The minimum Gasteiger partial charge on any atom is -0.327 e. The summed E-state index contributed by atoms with van der Waals surface area (Å²) in [4.78, 5) is 4.41. The number of hydrogen-bond donors (Lipinski definition) is 1. The molecule has 12 heavy (non-hydrogen) atoms. The van der Waals surface area contributed by atoms with Gasteiger partial charge in [-0.25, -0.2) is 4.99 Å². The summed E-state index contributed by atoms with van der Waals surface area (Å²) in [6, 6.07) is 0. The van der Waals surface area contributed by atoms with Crippen LogP contribution >= 0.6 is 11.9 Å². The highest BCUT2D eigenvalue weighted by atomic mass is 32.2. The summed E-state index contributed by atoms with van der Waals surface area (Å²) < 4.78 is 3.20. The Balaban J connectivity index is 2.78. The number of hydrogen-bond acceptors (Lipinski definition) is 3. The van der Waals surface area contributed by atoms with Crippen LogP contribution in [0, 0.1) is 0 Å². The molecule has 0 saturated heterocycles. The van der Waals surface area contributed by atoms with Crippen LogP contribution in [0.15, 0.2) is 28.5 Å². The minimum absolute atomic E-state index is 1.05. The Labute approximate surface area is 78.0 Å². The van der Waals surface area contributed by atoms with Crippen LogP contribution in [0.4, 0.5) is 0 Å². The van der Waals surface area contributed by atoms with Crippen molar-refractivity contribution in [1.29, 1.82) is 0 Å². The molecule has 0 aromatic rings. The Hall–Kier alpha value is -0.700. The van der Waals surface area contributed by atoms with Gasteiger partial charge in [0.15, 0.2) is 0 Å². The van der Waals surface area contributed by atoms with Crippen molar-refractivity contribution in [3.8, 4) is 0 Å². The van der Waals surface area contributed by atoms with E-state index >= 15 is 0 Å². The summed E-state index contributed by atoms with van der Waals surface area (Å²) in [5, 5.41) is 1.07. The van der Waals surface area contributed by atoms with Gasteiger partial charge in [-0.2, -0.15) is 0 Å². The lowest BCUT2D eigenvalue weighted by Gasteiger charge is -2.13. The van der Waals surface area contributed by atoms with Gasteiger partial charge in [0, 0.05) is 17.6 Å². The third kappa shape index (κ3) is 2.41. The van der Waals surface area contributed by atoms with Crippen molar-refractivity contribution in [3.63, 3.8) is 0 Å². The molecule has 3 heteroatoms. The zero-order valence-electron chi connectivity index (χ0n) is 7.72. The molecule has 1 N–H and O–H groups in total. The molecule has 0 amide bonds. The number of rotatable bonds is 2. The predicted molar refractivity (Wildman–Crippen MR) is 56.0 cm³/mol. The lowest BCUT2D eigenvalue weighted by atomic mass is 10.3. The van der Waals surface area contributed by atoms with Gasteiger partial charge in [-0.1, -0.05) is 13.0 Å². The molecule has 0 aromatic carbocycles. The minimum atomic E-state index is 1.05. The van der Waals surface area contributed by atoms with Crippen LogP contribution in [0.2, 0.25) is 0 Å². The van der Waals surface area contributed by atoms with Crippen LogP contribution in [0.5, 0.6) is 0 Å². The molecule has 1 heterocycles. The number of allylic oxidation sites excluding steroid dienone is 3. The molecule has 0 unspecified atom stereocenters. The molecule has 0 radical (unpaired) electrons. The van der Waals surface area contributed by atoms with E-state index < -0.39 is 0 Å². The second-order valence-corrected chi connectivity index (χ2v) is 3.65. The van der Waals surface area contributed by atoms with E-state index in [2.05, 4.69) is 28.8 Å². The molecule has 2 nitrogen and oxygen atoms in total. The maximum absolute atomic E-state index is 4.41. The first-order chi connectivity index (χ1) is 5.74. The smallest absolute Gasteiger partial charge is 0.0915 e. The molecule has 0 saturated carbocycles. The first-order valence-corrected chi connectivity index (χ1v) is 4.91. The van der Waals surface area contributed by atoms with E-state index in [9.17, 15) is 0 Å². The van der Waals surface area contributed by atoms with Crippen molar-refractivity contribution >= 4 is 17.0 Å². The predicted octanol–water partition coefficient (Wildman–Crippen LogP) is 2.85. The van der Waals surface area contributed by atoms with E-state index in [0.717, 1.165) is 22.9 Å². The topological polar surface area (TPSA) is 24.4 Å². The number of nitrogens with zero attached hydrogens (tertiary/aromatic N) is 1. The van der Waals surface area contributed by atoms with Gasteiger partial charge in [-0.15, -0.1) is 0 Å².